The molecule has 1 aromatic rings. The zero-order chi connectivity index (χ0) is 13.1. The Morgan fingerprint density at radius 3 is 2.56 bits per heavy atom. The third-order valence-corrected chi connectivity index (χ3v) is 4.56. The predicted molar refractivity (Wildman–Crippen MR) is 75.1 cm³/mol. The highest BCUT2D eigenvalue weighted by atomic mass is 32.1. The van der Waals surface area contributed by atoms with Gasteiger partial charge in [0.1, 0.15) is 0 Å². The second-order valence-electron chi connectivity index (χ2n) is 4.92. The molecular formula is C13H21N3OS. The fourth-order valence-corrected chi connectivity index (χ4v) is 3.03. The maximum absolute atomic E-state index is 12.1. The fourth-order valence-electron chi connectivity index (χ4n) is 2.21. The van der Waals surface area contributed by atoms with Crippen molar-refractivity contribution in [2.45, 2.75) is 46.1 Å². The van der Waals surface area contributed by atoms with Crippen molar-refractivity contribution in [1.82, 2.24) is 9.88 Å². The molecule has 1 aliphatic heterocycles. The van der Waals surface area contributed by atoms with Crippen LogP contribution in [0.2, 0.25) is 0 Å². The summed E-state index contributed by atoms with van der Waals surface area (Å²) in [5.74, 6) is 0.0608. The summed E-state index contributed by atoms with van der Waals surface area (Å²) < 4.78 is 0. The number of likely N-dealkylation sites (tertiary alicyclic amines) is 1. The van der Waals surface area contributed by atoms with Crippen LogP contribution in [0.1, 0.15) is 36.8 Å². The Kier molecular flexibility index (Phi) is 4.35. The number of thiazole rings is 1. The van der Waals surface area contributed by atoms with Crippen molar-refractivity contribution in [3.8, 4) is 0 Å². The average molecular weight is 267 g/mol. The second kappa shape index (κ2) is 5.80. The van der Waals surface area contributed by atoms with E-state index in [0.29, 0.717) is 0 Å². The van der Waals surface area contributed by atoms with E-state index in [4.69, 9.17) is 0 Å². The number of aryl methyl sites for hydroxylation is 2. The molecule has 1 aromatic heterocycles. The van der Waals surface area contributed by atoms with Crippen LogP contribution < -0.4 is 5.32 Å². The van der Waals surface area contributed by atoms with Gasteiger partial charge in [-0.1, -0.05) is 6.42 Å². The van der Waals surface area contributed by atoms with Gasteiger partial charge in [0.05, 0.1) is 11.7 Å². The van der Waals surface area contributed by atoms with E-state index in [1.807, 2.05) is 20.8 Å². The number of aromatic nitrogens is 1. The summed E-state index contributed by atoms with van der Waals surface area (Å²) in [5.41, 5.74) is 1.00. The molecule has 100 valence electrons. The minimum absolute atomic E-state index is 0.0604. The van der Waals surface area contributed by atoms with Crippen LogP contribution in [0.5, 0.6) is 0 Å². The molecule has 0 radical (unpaired) electrons. The van der Waals surface area contributed by atoms with Gasteiger partial charge in [-0.2, -0.15) is 0 Å². The Balaban J connectivity index is 1.94. The van der Waals surface area contributed by atoms with E-state index in [0.717, 1.165) is 28.8 Å². The first kappa shape index (κ1) is 13.5. The first-order valence-electron chi connectivity index (χ1n) is 6.57. The lowest BCUT2D eigenvalue weighted by atomic mass is 10.1. The number of amides is 1. The molecule has 4 nitrogen and oxygen atoms in total. The van der Waals surface area contributed by atoms with E-state index in [-0.39, 0.29) is 11.9 Å². The maximum atomic E-state index is 12.1. The summed E-state index contributed by atoms with van der Waals surface area (Å²) in [6, 6.07) is -0.0604. The number of hydrogen-bond donors (Lipinski definition) is 1. The number of anilines is 1. The first-order valence-corrected chi connectivity index (χ1v) is 7.38. The Hall–Kier alpha value is -0.940. The Morgan fingerprint density at radius 2 is 2.00 bits per heavy atom. The molecule has 2 heterocycles. The van der Waals surface area contributed by atoms with Gasteiger partial charge in [-0.05, 0) is 46.7 Å². The number of carbonyl (C=O) groups is 1. The van der Waals surface area contributed by atoms with E-state index in [9.17, 15) is 4.79 Å². The molecule has 2 rings (SSSR count). The Morgan fingerprint density at radius 1 is 1.33 bits per heavy atom. The standard InChI is InChI=1S/C13H21N3OS/c1-9-11(3)18-13(14-9)15-12(17)10(2)16-7-5-4-6-8-16/h10H,4-8H2,1-3H3,(H,14,15,17). The number of piperidine rings is 1. The third-order valence-electron chi connectivity index (χ3n) is 3.58. The lowest BCUT2D eigenvalue weighted by Gasteiger charge is -2.31. The van der Waals surface area contributed by atoms with Gasteiger partial charge in [-0.15, -0.1) is 11.3 Å². The molecule has 18 heavy (non-hydrogen) atoms. The quantitative estimate of drug-likeness (QED) is 0.915. The van der Waals surface area contributed by atoms with Crippen molar-refractivity contribution in [3.05, 3.63) is 10.6 Å². The summed E-state index contributed by atoms with van der Waals surface area (Å²) in [5, 5.41) is 3.65. The summed E-state index contributed by atoms with van der Waals surface area (Å²) >= 11 is 1.55. The van der Waals surface area contributed by atoms with Crippen LogP contribution in [0, 0.1) is 13.8 Å². The van der Waals surface area contributed by atoms with Crippen molar-refractivity contribution < 1.29 is 4.79 Å². The van der Waals surface area contributed by atoms with E-state index < -0.39 is 0 Å². The molecule has 1 aliphatic rings. The molecule has 0 bridgehead atoms. The Labute approximate surface area is 112 Å². The molecule has 1 atom stereocenters. The van der Waals surface area contributed by atoms with Crippen LogP contribution >= 0.6 is 11.3 Å². The number of carbonyl (C=O) groups excluding carboxylic acids is 1. The lowest BCUT2D eigenvalue weighted by Crippen LogP contribution is -2.44. The van der Waals surface area contributed by atoms with Crippen LogP contribution in [0.15, 0.2) is 0 Å². The van der Waals surface area contributed by atoms with Crippen molar-refractivity contribution in [2.75, 3.05) is 18.4 Å². The molecule has 5 heteroatoms. The minimum Gasteiger partial charge on any atom is -0.301 e. The Bertz CT molecular complexity index is 404. The molecule has 1 fully saturated rings. The molecular weight excluding hydrogens is 246 g/mol. The van der Waals surface area contributed by atoms with Gasteiger partial charge in [0, 0.05) is 4.88 Å². The topological polar surface area (TPSA) is 45.2 Å². The molecule has 0 spiro atoms. The largest absolute Gasteiger partial charge is 0.301 e. The molecule has 1 unspecified atom stereocenters. The summed E-state index contributed by atoms with van der Waals surface area (Å²) in [6.07, 6.45) is 3.69. The second-order valence-corrected chi connectivity index (χ2v) is 6.13. The first-order chi connectivity index (χ1) is 8.58. The van der Waals surface area contributed by atoms with Crippen molar-refractivity contribution in [2.24, 2.45) is 0 Å². The highest BCUT2D eigenvalue weighted by molar-refractivity contribution is 7.15. The molecule has 1 amide bonds. The maximum Gasteiger partial charge on any atom is 0.243 e. The highest BCUT2D eigenvalue weighted by Gasteiger charge is 2.23. The molecule has 1 saturated heterocycles. The van der Waals surface area contributed by atoms with Gasteiger partial charge >= 0.3 is 0 Å². The number of nitrogens with one attached hydrogen (secondary N) is 1. The van der Waals surface area contributed by atoms with E-state index in [1.54, 1.807) is 11.3 Å². The average Bonchev–Trinajstić information content (AvgIpc) is 2.68. The van der Waals surface area contributed by atoms with Crippen LogP contribution in [0.25, 0.3) is 0 Å². The van der Waals surface area contributed by atoms with Crippen molar-refractivity contribution >= 4 is 22.4 Å². The zero-order valence-electron chi connectivity index (χ0n) is 11.3. The van der Waals surface area contributed by atoms with Crippen LogP contribution in [-0.2, 0) is 4.79 Å². The summed E-state index contributed by atoms with van der Waals surface area (Å²) in [6.45, 7) is 8.04. The van der Waals surface area contributed by atoms with Gasteiger partial charge in [0.2, 0.25) is 5.91 Å². The van der Waals surface area contributed by atoms with Gasteiger partial charge in [-0.25, -0.2) is 4.98 Å². The van der Waals surface area contributed by atoms with Crippen molar-refractivity contribution in [1.29, 1.82) is 0 Å². The van der Waals surface area contributed by atoms with E-state index >= 15 is 0 Å². The zero-order valence-corrected chi connectivity index (χ0v) is 12.1. The molecule has 0 aliphatic carbocycles. The van der Waals surface area contributed by atoms with Gasteiger partial charge < -0.3 is 5.32 Å². The molecule has 0 aromatic carbocycles. The summed E-state index contributed by atoms with van der Waals surface area (Å²) in [4.78, 5) is 19.9. The minimum atomic E-state index is -0.0604. The van der Waals surface area contributed by atoms with Gasteiger partial charge in [0.15, 0.2) is 5.13 Å². The number of nitrogens with zero attached hydrogens (tertiary/aromatic N) is 2. The number of rotatable bonds is 3. The van der Waals surface area contributed by atoms with Gasteiger partial charge in [-0.3, -0.25) is 9.69 Å². The third kappa shape index (κ3) is 3.09. The predicted octanol–water partition coefficient (Wildman–Crippen LogP) is 2.57. The molecule has 1 N–H and O–H groups in total. The van der Waals surface area contributed by atoms with Crippen molar-refractivity contribution in [3.63, 3.8) is 0 Å². The highest BCUT2D eigenvalue weighted by Crippen LogP contribution is 2.22. The van der Waals surface area contributed by atoms with Crippen LogP contribution in [0.4, 0.5) is 5.13 Å². The molecule has 0 saturated carbocycles. The normalized spacial score (nSPS) is 18.6. The van der Waals surface area contributed by atoms with E-state index in [1.165, 1.54) is 19.3 Å². The summed E-state index contributed by atoms with van der Waals surface area (Å²) in [7, 11) is 0. The van der Waals surface area contributed by atoms with Crippen LogP contribution in [-0.4, -0.2) is 34.9 Å². The van der Waals surface area contributed by atoms with E-state index in [2.05, 4.69) is 15.2 Å². The monoisotopic (exact) mass is 267 g/mol. The van der Waals surface area contributed by atoms with Crippen LogP contribution in [0.3, 0.4) is 0 Å². The lowest BCUT2D eigenvalue weighted by molar-refractivity contribution is -0.121. The van der Waals surface area contributed by atoms with Gasteiger partial charge in [0.25, 0.3) is 0 Å². The number of hydrogen-bond acceptors (Lipinski definition) is 4. The fraction of sp³-hybridized carbons (Fsp3) is 0.692. The smallest absolute Gasteiger partial charge is 0.243 e. The SMILES string of the molecule is Cc1nc(NC(=O)C(C)N2CCCCC2)sc1C.